The Bertz CT molecular complexity index is 1470. The number of benzene rings is 3. The van der Waals surface area contributed by atoms with Crippen molar-refractivity contribution in [1.29, 1.82) is 0 Å². The molecule has 0 aliphatic carbocycles. The molecule has 0 spiro atoms. The Morgan fingerprint density at radius 3 is 2.38 bits per heavy atom. The minimum atomic E-state index is -3.41. The van der Waals surface area contributed by atoms with Crippen molar-refractivity contribution in [1.82, 2.24) is 9.97 Å². The molecule has 0 radical (unpaired) electrons. The number of carbonyl (C=O) groups excluding carboxylic acids is 1. The first-order valence-corrected chi connectivity index (χ1v) is 12.5. The first kappa shape index (κ1) is 28.1. The molecule has 202 valence electrons. The van der Waals surface area contributed by atoms with Gasteiger partial charge in [0.05, 0.1) is 18.2 Å². The largest absolute Gasteiger partial charge is 0.387 e. The Hall–Kier alpha value is -3.95. The highest BCUT2D eigenvalue weighted by molar-refractivity contribution is 6.31. The van der Waals surface area contributed by atoms with Gasteiger partial charge in [-0.25, -0.2) is 9.37 Å². The summed E-state index contributed by atoms with van der Waals surface area (Å²) in [7, 11) is 0. The standard InChI is InChI=1S/C29H26ClF3N4O2/c1-17(22-5-3-4-6-23(22)30)36-28-27(34-13-14-35-28)20-9-12-25(24(31)16-20)37-26(39)15-19-7-10-21(11-8-19)29(32,33)18(2)38/h3-14,16-18,38H,15H2,1-2H3,(H,35,36)(H,37,39)/t17-,18?/m0/s1. The van der Waals surface area contributed by atoms with Crippen LogP contribution in [0.15, 0.2) is 79.1 Å². The van der Waals surface area contributed by atoms with E-state index in [9.17, 15) is 23.1 Å². The number of aliphatic hydroxyl groups is 1. The summed E-state index contributed by atoms with van der Waals surface area (Å²) in [6, 6.07) is 16.5. The van der Waals surface area contributed by atoms with Gasteiger partial charge >= 0.3 is 0 Å². The van der Waals surface area contributed by atoms with E-state index in [1.807, 2.05) is 25.1 Å². The Kier molecular flexibility index (Phi) is 8.52. The molecule has 0 saturated carbocycles. The summed E-state index contributed by atoms with van der Waals surface area (Å²) in [6.45, 7) is 2.93. The Balaban J connectivity index is 1.46. The zero-order valence-corrected chi connectivity index (χ0v) is 21.9. The molecule has 2 atom stereocenters. The van der Waals surface area contributed by atoms with Gasteiger partial charge in [0.2, 0.25) is 5.91 Å². The summed E-state index contributed by atoms with van der Waals surface area (Å²) in [6.07, 6.45) is 1.02. The van der Waals surface area contributed by atoms with Crippen molar-refractivity contribution >= 4 is 29.0 Å². The minimum absolute atomic E-state index is 0.0381. The smallest absolute Gasteiger partial charge is 0.298 e. The van der Waals surface area contributed by atoms with Gasteiger partial charge in [-0.2, -0.15) is 8.78 Å². The lowest BCUT2D eigenvalue weighted by atomic mass is 10.0. The van der Waals surface area contributed by atoms with E-state index in [1.165, 1.54) is 36.7 Å². The second-order valence-electron chi connectivity index (χ2n) is 9.06. The highest BCUT2D eigenvalue weighted by Crippen LogP contribution is 2.33. The fourth-order valence-electron chi connectivity index (χ4n) is 3.99. The SMILES string of the molecule is CC(O)C(F)(F)c1ccc(CC(=O)Nc2ccc(-c3nccnc3N[C@@H](C)c3ccccc3Cl)cc2F)cc1. The molecule has 0 fully saturated rings. The number of hydrogen-bond donors (Lipinski definition) is 3. The third-order valence-corrected chi connectivity index (χ3v) is 6.51. The summed E-state index contributed by atoms with van der Waals surface area (Å²) in [5.74, 6) is -4.17. The lowest BCUT2D eigenvalue weighted by molar-refractivity contribution is -0.115. The van der Waals surface area contributed by atoms with Crippen LogP contribution in [0.4, 0.5) is 24.7 Å². The number of aliphatic hydroxyl groups excluding tert-OH is 1. The maximum Gasteiger partial charge on any atom is 0.298 e. The zero-order chi connectivity index (χ0) is 28.2. The molecular weight excluding hydrogens is 529 g/mol. The van der Waals surface area contributed by atoms with E-state index in [2.05, 4.69) is 20.6 Å². The van der Waals surface area contributed by atoms with E-state index in [0.717, 1.165) is 24.6 Å². The minimum Gasteiger partial charge on any atom is -0.387 e. The molecule has 0 aliphatic heterocycles. The monoisotopic (exact) mass is 554 g/mol. The van der Waals surface area contributed by atoms with Gasteiger partial charge in [-0.3, -0.25) is 9.78 Å². The van der Waals surface area contributed by atoms with E-state index in [1.54, 1.807) is 12.1 Å². The molecule has 10 heteroatoms. The van der Waals surface area contributed by atoms with Crippen LogP contribution in [0, 0.1) is 5.82 Å². The molecule has 0 aliphatic rings. The Morgan fingerprint density at radius 2 is 1.72 bits per heavy atom. The quantitative estimate of drug-likeness (QED) is 0.213. The van der Waals surface area contributed by atoms with Crippen LogP contribution in [-0.2, 0) is 17.1 Å². The first-order chi connectivity index (χ1) is 18.6. The molecule has 1 unspecified atom stereocenters. The Morgan fingerprint density at radius 1 is 1.03 bits per heavy atom. The van der Waals surface area contributed by atoms with Gasteiger partial charge in [0.25, 0.3) is 5.92 Å². The Labute approximate surface area is 228 Å². The number of rotatable bonds is 9. The van der Waals surface area contributed by atoms with Crippen molar-refractivity contribution in [3.8, 4) is 11.3 Å². The van der Waals surface area contributed by atoms with E-state index < -0.39 is 23.8 Å². The van der Waals surface area contributed by atoms with Crippen LogP contribution in [0.3, 0.4) is 0 Å². The van der Waals surface area contributed by atoms with Crippen LogP contribution in [0.25, 0.3) is 11.3 Å². The topological polar surface area (TPSA) is 87.1 Å². The van der Waals surface area contributed by atoms with Gasteiger partial charge in [-0.1, -0.05) is 60.1 Å². The van der Waals surface area contributed by atoms with Gasteiger partial charge in [-0.15, -0.1) is 0 Å². The lowest BCUT2D eigenvalue weighted by Crippen LogP contribution is -2.27. The van der Waals surface area contributed by atoms with Crippen LogP contribution < -0.4 is 10.6 Å². The number of hydrogen-bond acceptors (Lipinski definition) is 5. The van der Waals surface area contributed by atoms with E-state index in [-0.39, 0.29) is 23.7 Å². The third kappa shape index (κ3) is 6.55. The van der Waals surface area contributed by atoms with Crippen LogP contribution in [0.1, 0.15) is 36.6 Å². The van der Waals surface area contributed by atoms with Crippen LogP contribution in [0.2, 0.25) is 5.02 Å². The third-order valence-electron chi connectivity index (χ3n) is 6.17. The van der Waals surface area contributed by atoms with Crippen molar-refractivity contribution in [3.63, 3.8) is 0 Å². The fourth-order valence-corrected chi connectivity index (χ4v) is 4.29. The number of carbonyl (C=O) groups is 1. The van der Waals surface area contributed by atoms with Gasteiger partial charge < -0.3 is 15.7 Å². The second-order valence-corrected chi connectivity index (χ2v) is 9.46. The maximum atomic E-state index is 15.0. The summed E-state index contributed by atoms with van der Waals surface area (Å²) < 4.78 is 42.9. The van der Waals surface area contributed by atoms with Crippen molar-refractivity contribution in [2.75, 3.05) is 10.6 Å². The molecular formula is C29H26ClF3N4O2. The molecule has 0 bridgehead atoms. The first-order valence-electron chi connectivity index (χ1n) is 12.1. The molecule has 0 saturated heterocycles. The number of alkyl halides is 2. The highest BCUT2D eigenvalue weighted by Gasteiger charge is 2.37. The molecule has 1 amide bonds. The highest BCUT2D eigenvalue weighted by atomic mass is 35.5. The van der Waals surface area contributed by atoms with E-state index in [4.69, 9.17) is 11.6 Å². The molecule has 3 N–H and O–H groups in total. The van der Waals surface area contributed by atoms with Crippen LogP contribution in [-0.4, -0.2) is 27.1 Å². The van der Waals surface area contributed by atoms with Crippen LogP contribution >= 0.6 is 11.6 Å². The molecule has 6 nitrogen and oxygen atoms in total. The number of anilines is 2. The fraction of sp³-hybridized carbons (Fsp3) is 0.207. The van der Waals surface area contributed by atoms with E-state index >= 15 is 0 Å². The van der Waals surface area contributed by atoms with E-state index in [0.29, 0.717) is 27.7 Å². The summed E-state index contributed by atoms with van der Waals surface area (Å²) in [4.78, 5) is 21.2. The van der Waals surface area contributed by atoms with Gasteiger partial charge in [0.15, 0.2) is 5.82 Å². The molecule has 4 aromatic rings. The average molecular weight is 555 g/mol. The second kappa shape index (κ2) is 11.8. The predicted molar refractivity (Wildman–Crippen MR) is 145 cm³/mol. The normalized spacial score (nSPS) is 13.0. The van der Waals surface area contributed by atoms with Gasteiger partial charge in [0.1, 0.15) is 17.6 Å². The molecule has 39 heavy (non-hydrogen) atoms. The number of amides is 1. The molecule has 4 rings (SSSR count). The van der Waals surface area contributed by atoms with Crippen molar-refractivity contribution < 1.29 is 23.1 Å². The lowest BCUT2D eigenvalue weighted by Gasteiger charge is -2.19. The molecule has 1 heterocycles. The van der Waals surface area contributed by atoms with Crippen molar-refractivity contribution in [3.05, 3.63) is 107 Å². The van der Waals surface area contributed by atoms with Crippen LogP contribution in [0.5, 0.6) is 0 Å². The van der Waals surface area contributed by atoms with Crippen molar-refractivity contribution in [2.45, 2.75) is 38.3 Å². The van der Waals surface area contributed by atoms with Crippen molar-refractivity contribution in [2.24, 2.45) is 0 Å². The van der Waals surface area contributed by atoms with Gasteiger partial charge in [0, 0.05) is 28.5 Å². The molecule has 3 aromatic carbocycles. The maximum absolute atomic E-state index is 15.0. The molecule has 1 aromatic heterocycles. The average Bonchev–Trinajstić information content (AvgIpc) is 2.90. The number of halogens is 4. The van der Waals surface area contributed by atoms with Gasteiger partial charge in [-0.05, 0) is 43.2 Å². The number of nitrogens with zero attached hydrogens (tertiary/aromatic N) is 2. The predicted octanol–water partition coefficient (Wildman–Crippen LogP) is 6.76. The summed E-state index contributed by atoms with van der Waals surface area (Å²) in [5, 5.41) is 15.7. The zero-order valence-electron chi connectivity index (χ0n) is 21.1. The summed E-state index contributed by atoms with van der Waals surface area (Å²) >= 11 is 6.31. The number of nitrogens with one attached hydrogen (secondary N) is 2. The summed E-state index contributed by atoms with van der Waals surface area (Å²) in [5.41, 5.74) is 1.79. The number of aromatic nitrogens is 2.